The minimum absolute atomic E-state index is 0.387. The molecule has 0 amide bonds. The van der Waals surface area contributed by atoms with Crippen molar-refractivity contribution in [3.63, 3.8) is 0 Å². The topological polar surface area (TPSA) is 38.9 Å². The molecule has 3 nitrogen and oxygen atoms in total. The third-order valence-corrected chi connectivity index (χ3v) is 24.4. The number of aromatic nitrogens is 2. The lowest BCUT2D eigenvalue weighted by molar-refractivity contribution is 0.669. The average molecular weight is 1450 g/mol. The Kier molecular flexibility index (Phi) is 14.9. The molecule has 114 heavy (non-hydrogen) atoms. The molecule has 3 heteroatoms. The van der Waals surface area contributed by atoms with Crippen molar-refractivity contribution in [2.75, 3.05) is 0 Å². The third-order valence-electron chi connectivity index (χ3n) is 24.4. The van der Waals surface area contributed by atoms with Crippen molar-refractivity contribution in [1.29, 1.82) is 0 Å². The highest BCUT2D eigenvalue weighted by Gasteiger charge is 2.51. The van der Waals surface area contributed by atoms with Crippen LogP contribution in [0.1, 0.15) is 22.3 Å². The van der Waals surface area contributed by atoms with Crippen LogP contribution in [0.15, 0.2) is 417 Å². The maximum absolute atomic E-state index is 6.28. The van der Waals surface area contributed by atoms with E-state index in [9.17, 15) is 0 Å². The van der Waals surface area contributed by atoms with Crippen LogP contribution in [0.3, 0.4) is 0 Å². The van der Waals surface area contributed by atoms with Crippen LogP contribution in [0.25, 0.3) is 209 Å². The van der Waals surface area contributed by atoms with Crippen LogP contribution in [-0.4, -0.2) is 9.97 Å². The Morgan fingerprint density at radius 1 is 0.175 bits per heavy atom. The standard InChI is InChI=1S/C60H37N.C51H31NO/c1-2-16-38(17-3-1)41-33-34-52(43-19-5-4-18-42(41)43)59-50-25-8-6-23-48(50)58(49-24-7-9-26-51(49)59)40-31-35-57(61-37-40)39-30-32-47-46-22-12-15-29-55(46)60(56(47)36-39)53-27-13-10-20-44(53)45-21-11-14-28-54(45)60;1-2-12-32(13-3-1)37-24-25-44(39-17-7-6-16-38(37)39)51-42-20-10-8-18-40(42)50(41-19-9-11-21-43(41)51)36-22-26-47(52-31-36)35-23-27-48-45(29-35)46-28-33-14-4-5-15-34(33)30-49(46)53-48/h1-37H;1-31H. The van der Waals surface area contributed by atoms with Crippen molar-refractivity contribution in [3.05, 3.63) is 435 Å². The molecule has 24 rings (SSSR count). The number of hydrogen-bond donors (Lipinski definition) is 0. The minimum Gasteiger partial charge on any atom is -0.456 e. The summed E-state index contributed by atoms with van der Waals surface area (Å²) < 4.78 is 6.28. The zero-order chi connectivity index (χ0) is 75.0. The van der Waals surface area contributed by atoms with Gasteiger partial charge in [0, 0.05) is 45.4 Å². The largest absolute Gasteiger partial charge is 0.456 e. The van der Waals surface area contributed by atoms with Crippen molar-refractivity contribution < 1.29 is 4.42 Å². The van der Waals surface area contributed by atoms with Crippen LogP contribution in [0.4, 0.5) is 0 Å². The lowest BCUT2D eigenvalue weighted by atomic mass is 9.70. The van der Waals surface area contributed by atoms with Gasteiger partial charge in [-0.2, -0.15) is 0 Å². The number of furan rings is 1. The highest BCUT2D eigenvalue weighted by Crippen LogP contribution is 2.63. The van der Waals surface area contributed by atoms with Gasteiger partial charge in [0.2, 0.25) is 0 Å². The summed E-state index contributed by atoms with van der Waals surface area (Å²) in [6.45, 7) is 0. The molecule has 0 bridgehead atoms. The van der Waals surface area contributed by atoms with Gasteiger partial charge in [-0.05, 0) is 224 Å². The van der Waals surface area contributed by atoms with Crippen LogP contribution in [0.5, 0.6) is 0 Å². The maximum Gasteiger partial charge on any atom is 0.136 e. The van der Waals surface area contributed by atoms with Crippen molar-refractivity contribution in [3.8, 4) is 112 Å². The van der Waals surface area contributed by atoms with E-state index in [0.717, 1.165) is 55.6 Å². The second kappa shape index (κ2) is 26.1. The predicted octanol–water partition coefficient (Wildman–Crippen LogP) is 29.8. The fourth-order valence-corrected chi connectivity index (χ4v) is 19.5. The molecule has 2 aliphatic rings. The van der Waals surface area contributed by atoms with E-state index in [2.05, 4.69) is 407 Å². The summed E-state index contributed by atoms with van der Waals surface area (Å²) in [5.74, 6) is 0. The van der Waals surface area contributed by atoms with E-state index >= 15 is 0 Å². The first-order chi connectivity index (χ1) is 56.6. The molecule has 0 aliphatic heterocycles. The number of rotatable bonds is 8. The molecular weight excluding hydrogens is 1380 g/mol. The molecule has 0 saturated carbocycles. The smallest absolute Gasteiger partial charge is 0.136 e. The van der Waals surface area contributed by atoms with Crippen LogP contribution < -0.4 is 0 Å². The Labute approximate surface area is 659 Å². The van der Waals surface area contributed by atoms with E-state index in [4.69, 9.17) is 14.4 Å². The SMILES string of the molecule is c1ccc(-c2ccc(-c3c4ccccc4c(-c4ccc(-c5ccc6c(c5)C5(c7ccccc7-c7ccccc75)c5ccccc5-6)nc4)c4ccccc34)c3ccccc23)cc1.c1ccc(-c2ccc(-c3c4ccccc4c(-c4ccc(-c5ccc6oc7cc8ccccc8cc7c6c5)nc4)c4ccccc34)c3ccccc23)cc1. The summed E-state index contributed by atoms with van der Waals surface area (Å²) in [6, 6.07) is 146. The van der Waals surface area contributed by atoms with Gasteiger partial charge in [0.25, 0.3) is 0 Å². The molecule has 0 radical (unpaired) electrons. The molecule has 22 aromatic rings. The Morgan fingerprint density at radius 3 is 0.921 bits per heavy atom. The number of pyridine rings is 2. The van der Waals surface area contributed by atoms with Crippen molar-refractivity contribution in [1.82, 2.24) is 9.97 Å². The Morgan fingerprint density at radius 2 is 0.491 bits per heavy atom. The molecule has 1 spiro atoms. The first kappa shape index (κ1) is 65.0. The average Bonchev–Trinajstić information content (AvgIpc) is 1.50. The van der Waals surface area contributed by atoms with Crippen LogP contribution in [-0.2, 0) is 5.41 Å². The summed E-state index contributed by atoms with van der Waals surface area (Å²) in [4.78, 5) is 10.4. The molecule has 0 atom stereocenters. The van der Waals surface area contributed by atoms with Crippen molar-refractivity contribution in [2.24, 2.45) is 0 Å². The molecule has 528 valence electrons. The lowest BCUT2D eigenvalue weighted by Crippen LogP contribution is -2.25. The van der Waals surface area contributed by atoms with Gasteiger partial charge in [-0.3, -0.25) is 9.97 Å². The van der Waals surface area contributed by atoms with Crippen LogP contribution in [0.2, 0.25) is 0 Å². The zero-order valence-electron chi connectivity index (χ0n) is 62.1. The van der Waals surface area contributed by atoms with Crippen LogP contribution >= 0.6 is 0 Å². The van der Waals surface area contributed by atoms with E-state index in [1.165, 1.54) is 176 Å². The highest BCUT2D eigenvalue weighted by molar-refractivity contribution is 6.26. The summed E-state index contributed by atoms with van der Waals surface area (Å²) >= 11 is 0. The zero-order valence-corrected chi connectivity index (χ0v) is 62.1. The molecule has 0 saturated heterocycles. The summed E-state index contributed by atoms with van der Waals surface area (Å²) in [7, 11) is 0. The fraction of sp³-hybridized carbons (Fsp3) is 0.00901. The van der Waals surface area contributed by atoms with E-state index in [-0.39, 0.29) is 5.41 Å². The van der Waals surface area contributed by atoms with E-state index in [1.807, 2.05) is 6.20 Å². The number of benzene rings is 19. The van der Waals surface area contributed by atoms with E-state index in [0.29, 0.717) is 0 Å². The highest BCUT2D eigenvalue weighted by atomic mass is 16.3. The summed E-state index contributed by atoms with van der Waals surface area (Å²) in [5.41, 5.74) is 30.7. The molecular formula is C111H68N2O. The second-order valence-electron chi connectivity index (χ2n) is 30.3. The first-order valence-electron chi connectivity index (χ1n) is 39.3. The minimum atomic E-state index is -0.387. The van der Waals surface area contributed by atoms with Crippen molar-refractivity contribution >= 4 is 97.3 Å². The first-order valence-corrected chi connectivity index (χ1v) is 39.3. The van der Waals surface area contributed by atoms with Gasteiger partial charge in [-0.1, -0.05) is 352 Å². The molecule has 2 aliphatic carbocycles. The molecule has 3 aromatic heterocycles. The number of fused-ring (bicyclic) bond motifs is 20. The van der Waals surface area contributed by atoms with Crippen LogP contribution in [0, 0.1) is 0 Å². The number of nitrogens with zero attached hydrogens (tertiary/aromatic N) is 2. The van der Waals surface area contributed by atoms with Gasteiger partial charge in [-0.15, -0.1) is 0 Å². The Hall–Kier alpha value is -14.9. The summed E-state index contributed by atoms with van der Waals surface area (Å²) in [6.07, 6.45) is 4.13. The predicted molar refractivity (Wildman–Crippen MR) is 478 cm³/mol. The van der Waals surface area contributed by atoms with Gasteiger partial charge in [0.1, 0.15) is 11.2 Å². The van der Waals surface area contributed by atoms with Gasteiger partial charge in [0.05, 0.1) is 16.8 Å². The molecule has 0 fully saturated rings. The Bertz CT molecular complexity index is 7530. The molecule has 0 N–H and O–H groups in total. The fourth-order valence-electron chi connectivity index (χ4n) is 19.5. The van der Waals surface area contributed by atoms with Gasteiger partial charge >= 0.3 is 0 Å². The molecule has 19 aromatic carbocycles. The maximum atomic E-state index is 6.28. The molecule has 0 unspecified atom stereocenters. The number of hydrogen-bond acceptors (Lipinski definition) is 3. The Balaban J connectivity index is 0.000000137. The lowest BCUT2D eigenvalue weighted by Gasteiger charge is -2.30. The quantitative estimate of drug-likeness (QED) is 0.142. The molecule has 3 heterocycles. The van der Waals surface area contributed by atoms with E-state index < -0.39 is 0 Å². The van der Waals surface area contributed by atoms with Gasteiger partial charge in [-0.25, -0.2) is 0 Å². The third kappa shape index (κ3) is 10.0. The van der Waals surface area contributed by atoms with Gasteiger partial charge < -0.3 is 4.42 Å². The van der Waals surface area contributed by atoms with Crippen molar-refractivity contribution in [2.45, 2.75) is 5.41 Å². The summed E-state index contributed by atoms with van der Waals surface area (Å²) in [5, 5.41) is 19.4. The second-order valence-corrected chi connectivity index (χ2v) is 30.3. The van der Waals surface area contributed by atoms with Gasteiger partial charge in [0.15, 0.2) is 0 Å². The normalized spacial score (nSPS) is 12.5. The monoisotopic (exact) mass is 1440 g/mol. The van der Waals surface area contributed by atoms with E-state index in [1.54, 1.807) is 0 Å².